The lowest BCUT2D eigenvalue weighted by Gasteiger charge is -2.38. The van der Waals surface area contributed by atoms with Crippen LogP contribution in [0.2, 0.25) is 0 Å². The van der Waals surface area contributed by atoms with Crippen LogP contribution in [0.25, 0.3) is 0 Å². The summed E-state index contributed by atoms with van der Waals surface area (Å²) in [6.07, 6.45) is 4.62. The number of hydrogen-bond donors (Lipinski definition) is 0. The molecule has 0 atom stereocenters. The predicted molar refractivity (Wildman–Crippen MR) is 102 cm³/mol. The Labute approximate surface area is 150 Å². The van der Waals surface area contributed by atoms with Crippen molar-refractivity contribution in [2.24, 2.45) is 0 Å². The molecule has 4 rings (SSSR count). The average molecular weight is 331 g/mol. The summed E-state index contributed by atoms with van der Waals surface area (Å²) < 4.78 is 0. The molecule has 0 saturated carbocycles. The Morgan fingerprint density at radius 2 is 1.76 bits per heavy atom. The lowest BCUT2D eigenvalue weighted by molar-refractivity contribution is 0.212. The summed E-state index contributed by atoms with van der Waals surface area (Å²) in [5, 5.41) is 9.31. The molecule has 0 bridgehead atoms. The third-order valence-corrected chi connectivity index (χ3v) is 5.74. The van der Waals surface area contributed by atoms with Crippen molar-refractivity contribution < 1.29 is 0 Å². The van der Waals surface area contributed by atoms with Crippen molar-refractivity contribution in [1.29, 1.82) is 5.26 Å². The minimum Gasteiger partial charge on any atom is -0.368 e. The Kier molecular flexibility index (Phi) is 4.72. The standard InChI is InChI=1S/C22H25N3/c23-17-19-7-4-8-22-21(19)12-16-25(22)20-10-14-24(15-11-20)13-9-18-5-2-1-3-6-18/h1-8,20H,9-16H2. The number of piperidine rings is 1. The van der Waals surface area contributed by atoms with Gasteiger partial charge in [0.2, 0.25) is 0 Å². The Morgan fingerprint density at radius 3 is 2.52 bits per heavy atom. The number of likely N-dealkylation sites (tertiary alicyclic amines) is 1. The lowest BCUT2D eigenvalue weighted by atomic mass is 10.0. The van der Waals surface area contributed by atoms with Gasteiger partial charge in [-0.2, -0.15) is 5.26 Å². The van der Waals surface area contributed by atoms with Crippen LogP contribution >= 0.6 is 0 Å². The van der Waals surface area contributed by atoms with Crippen LogP contribution in [-0.4, -0.2) is 37.1 Å². The molecular weight excluding hydrogens is 306 g/mol. The molecule has 0 radical (unpaired) electrons. The van der Waals surface area contributed by atoms with Gasteiger partial charge in [-0.05, 0) is 48.9 Å². The predicted octanol–water partition coefficient (Wildman–Crippen LogP) is 3.63. The zero-order valence-electron chi connectivity index (χ0n) is 14.7. The maximum Gasteiger partial charge on any atom is 0.0995 e. The maximum absolute atomic E-state index is 9.31. The molecule has 25 heavy (non-hydrogen) atoms. The normalized spacial score (nSPS) is 18.1. The Balaban J connectivity index is 1.34. The van der Waals surface area contributed by atoms with Crippen molar-refractivity contribution in [1.82, 2.24) is 4.90 Å². The molecule has 2 aromatic carbocycles. The molecule has 2 aromatic rings. The van der Waals surface area contributed by atoms with E-state index in [1.165, 1.54) is 42.7 Å². The van der Waals surface area contributed by atoms with Gasteiger partial charge in [0.15, 0.2) is 0 Å². The summed E-state index contributed by atoms with van der Waals surface area (Å²) in [7, 11) is 0. The van der Waals surface area contributed by atoms with E-state index in [9.17, 15) is 5.26 Å². The van der Waals surface area contributed by atoms with Crippen LogP contribution in [0.1, 0.15) is 29.5 Å². The van der Waals surface area contributed by atoms with Crippen molar-refractivity contribution in [3.8, 4) is 6.07 Å². The van der Waals surface area contributed by atoms with E-state index in [0.29, 0.717) is 6.04 Å². The van der Waals surface area contributed by atoms with Gasteiger partial charge in [0.05, 0.1) is 11.6 Å². The minimum absolute atomic E-state index is 0.628. The lowest BCUT2D eigenvalue weighted by Crippen LogP contribution is -2.44. The van der Waals surface area contributed by atoms with Crippen LogP contribution < -0.4 is 4.90 Å². The first-order chi connectivity index (χ1) is 12.3. The van der Waals surface area contributed by atoms with Crippen LogP contribution in [-0.2, 0) is 12.8 Å². The van der Waals surface area contributed by atoms with Gasteiger partial charge in [0.25, 0.3) is 0 Å². The largest absolute Gasteiger partial charge is 0.368 e. The van der Waals surface area contributed by atoms with Crippen molar-refractivity contribution >= 4 is 5.69 Å². The van der Waals surface area contributed by atoms with Gasteiger partial charge < -0.3 is 9.80 Å². The van der Waals surface area contributed by atoms with Gasteiger partial charge in [-0.25, -0.2) is 0 Å². The van der Waals surface area contributed by atoms with Crippen molar-refractivity contribution in [2.45, 2.75) is 31.7 Å². The van der Waals surface area contributed by atoms with E-state index in [1.54, 1.807) is 0 Å². The molecule has 2 aliphatic heterocycles. The first kappa shape index (κ1) is 16.2. The summed E-state index contributed by atoms with van der Waals surface area (Å²) in [5.74, 6) is 0. The minimum atomic E-state index is 0.628. The van der Waals surface area contributed by atoms with Gasteiger partial charge >= 0.3 is 0 Å². The molecule has 2 aliphatic rings. The molecule has 3 nitrogen and oxygen atoms in total. The number of hydrogen-bond acceptors (Lipinski definition) is 3. The molecule has 0 N–H and O–H groups in total. The molecule has 1 fully saturated rings. The molecule has 0 aromatic heterocycles. The van der Waals surface area contributed by atoms with Crippen LogP contribution in [0.15, 0.2) is 48.5 Å². The summed E-state index contributed by atoms with van der Waals surface area (Å²) in [4.78, 5) is 5.16. The fourth-order valence-electron chi connectivity index (χ4n) is 4.33. The highest BCUT2D eigenvalue weighted by molar-refractivity contribution is 5.64. The zero-order valence-corrected chi connectivity index (χ0v) is 14.7. The third kappa shape index (κ3) is 3.41. The van der Waals surface area contributed by atoms with Crippen molar-refractivity contribution in [3.05, 3.63) is 65.2 Å². The van der Waals surface area contributed by atoms with Crippen molar-refractivity contribution in [2.75, 3.05) is 31.1 Å². The number of nitriles is 1. The van der Waals surface area contributed by atoms with E-state index < -0.39 is 0 Å². The fourth-order valence-corrected chi connectivity index (χ4v) is 4.33. The molecule has 128 valence electrons. The van der Waals surface area contributed by atoms with Crippen LogP contribution in [0, 0.1) is 11.3 Å². The summed E-state index contributed by atoms with van der Waals surface area (Å²) in [6.45, 7) is 4.59. The molecule has 0 unspecified atom stereocenters. The SMILES string of the molecule is N#Cc1cccc2c1CCN2C1CCN(CCc2ccccc2)CC1. The number of fused-ring (bicyclic) bond motifs is 1. The second kappa shape index (κ2) is 7.29. The summed E-state index contributed by atoms with van der Waals surface area (Å²) in [6, 6.07) is 20.0. The highest BCUT2D eigenvalue weighted by atomic mass is 15.2. The number of rotatable bonds is 4. The van der Waals surface area contributed by atoms with E-state index >= 15 is 0 Å². The van der Waals surface area contributed by atoms with Gasteiger partial charge in [-0.15, -0.1) is 0 Å². The van der Waals surface area contributed by atoms with E-state index in [0.717, 1.165) is 31.5 Å². The van der Waals surface area contributed by atoms with Crippen LogP contribution in [0.5, 0.6) is 0 Å². The molecule has 2 heterocycles. The quantitative estimate of drug-likeness (QED) is 0.857. The summed E-state index contributed by atoms with van der Waals surface area (Å²) in [5.41, 5.74) is 4.86. The first-order valence-electron chi connectivity index (χ1n) is 9.40. The highest BCUT2D eigenvalue weighted by Gasteiger charge is 2.30. The van der Waals surface area contributed by atoms with Gasteiger partial charge in [0, 0.05) is 37.9 Å². The Morgan fingerprint density at radius 1 is 0.960 bits per heavy atom. The fraction of sp³-hybridized carbons (Fsp3) is 0.409. The Hall–Kier alpha value is -2.31. The average Bonchev–Trinajstić information content (AvgIpc) is 3.12. The van der Waals surface area contributed by atoms with Crippen LogP contribution in [0.3, 0.4) is 0 Å². The molecule has 0 amide bonds. The topological polar surface area (TPSA) is 30.3 Å². The van der Waals surface area contributed by atoms with E-state index in [4.69, 9.17) is 0 Å². The Bertz CT molecular complexity index is 755. The van der Waals surface area contributed by atoms with Crippen molar-refractivity contribution in [3.63, 3.8) is 0 Å². The maximum atomic E-state index is 9.31. The van der Waals surface area contributed by atoms with Gasteiger partial charge in [-0.3, -0.25) is 0 Å². The number of nitrogens with zero attached hydrogens (tertiary/aromatic N) is 3. The first-order valence-corrected chi connectivity index (χ1v) is 9.40. The molecule has 1 saturated heterocycles. The molecule has 0 spiro atoms. The number of anilines is 1. The second-order valence-corrected chi connectivity index (χ2v) is 7.17. The zero-order chi connectivity index (χ0) is 17.1. The van der Waals surface area contributed by atoms with E-state index in [2.05, 4.69) is 52.3 Å². The monoisotopic (exact) mass is 331 g/mol. The molecule has 0 aliphatic carbocycles. The van der Waals surface area contributed by atoms with E-state index in [1.807, 2.05) is 12.1 Å². The summed E-state index contributed by atoms with van der Waals surface area (Å²) >= 11 is 0. The molecule has 3 heteroatoms. The highest BCUT2D eigenvalue weighted by Crippen LogP contribution is 2.34. The van der Waals surface area contributed by atoms with Crippen LogP contribution in [0.4, 0.5) is 5.69 Å². The van der Waals surface area contributed by atoms with Gasteiger partial charge in [0.1, 0.15) is 0 Å². The second-order valence-electron chi connectivity index (χ2n) is 7.17. The van der Waals surface area contributed by atoms with Gasteiger partial charge in [-0.1, -0.05) is 36.4 Å². The number of benzene rings is 2. The smallest absolute Gasteiger partial charge is 0.0995 e. The van der Waals surface area contributed by atoms with E-state index in [-0.39, 0.29) is 0 Å². The third-order valence-electron chi connectivity index (χ3n) is 5.74. The molecular formula is C22H25N3.